The second-order valence-corrected chi connectivity index (χ2v) is 12.3. The molecular weight excluding hydrogens is 568 g/mol. The molecule has 0 atom stereocenters. The second-order valence-electron chi connectivity index (χ2n) is 10.6. The molecule has 1 amide bonds. The molecule has 4 aromatic carbocycles. The highest BCUT2D eigenvalue weighted by molar-refractivity contribution is 7.89. The maximum atomic E-state index is 13.1. The summed E-state index contributed by atoms with van der Waals surface area (Å²) >= 11 is 0. The third-order valence-corrected chi connectivity index (χ3v) is 7.42. The number of hydrogen-bond acceptors (Lipinski definition) is 7. The predicted molar refractivity (Wildman–Crippen MR) is 165 cm³/mol. The predicted octanol–water partition coefficient (Wildman–Crippen LogP) is 7.16. The molecule has 0 unspecified atom stereocenters. The molecule has 10 heteroatoms. The molecule has 0 saturated carbocycles. The fraction of sp³-hybridized carbons (Fsp3) is 0.212. The van der Waals surface area contributed by atoms with Crippen molar-refractivity contribution >= 4 is 27.8 Å². The van der Waals surface area contributed by atoms with E-state index in [1.807, 2.05) is 30.3 Å². The van der Waals surface area contributed by atoms with Crippen LogP contribution in [0.5, 0.6) is 17.2 Å². The lowest BCUT2D eigenvalue weighted by molar-refractivity contribution is -0.154. The Hall–Kier alpha value is -4.67. The Labute approximate surface area is 251 Å². The van der Waals surface area contributed by atoms with Crippen molar-refractivity contribution in [2.24, 2.45) is 0 Å². The first-order valence-electron chi connectivity index (χ1n) is 13.7. The number of para-hydroxylation sites is 1. The Balaban J connectivity index is 1.33. The molecule has 224 valence electrons. The zero-order chi connectivity index (χ0) is 30.9. The quantitative estimate of drug-likeness (QED) is 0.138. The van der Waals surface area contributed by atoms with E-state index in [4.69, 9.17) is 14.2 Å². The zero-order valence-electron chi connectivity index (χ0n) is 24.2. The molecule has 0 aliphatic heterocycles. The number of sulfonamides is 1. The van der Waals surface area contributed by atoms with Crippen LogP contribution in [0.4, 0.5) is 10.5 Å². The third-order valence-electron chi connectivity index (χ3n) is 5.90. The summed E-state index contributed by atoms with van der Waals surface area (Å²) in [7, 11) is -3.86. The Bertz CT molecular complexity index is 1630. The lowest BCUT2D eigenvalue weighted by Crippen LogP contribution is -2.27. The number of nitrogens with one attached hydrogen (secondary N) is 2. The van der Waals surface area contributed by atoms with Crippen LogP contribution in [0, 0.1) is 0 Å². The molecule has 4 rings (SSSR count). The van der Waals surface area contributed by atoms with Gasteiger partial charge in [0.05, 0.1) is 4.90 Å². The normalized spacial score (nSPS) is 11.4. The lowest BCUT2D eigenvalue weighted by atomic mass is 10.1. The van der Waals surface area contributed by atoms with Crippen LogP contribution in [0.2, 0.25) is 0 Å². The molecule has 0 saturated heterocycles. The Morgan fingerprint density at radius 2 is 1.35 bits per heavy atom. The highest BCUT2D eigenvalue weighted by Gasteiger charge is 2.20. The summed E-state index contributed by atoms with van der Waals surface area (Å²) < 4.78 is 45.1. The summed E-state index contributed by atoms with van der Waals surface area (Å²) in [5.74, 6) is 1.23. The number of carbonyl (C=O) groups is 2. The van der Waals surface area contributed by atoms with E-state index >= 15 is 0 Å². The van der Waals surface area contributed by atoms with Crippen molar-refractivity contribution in [3.63, 3.8) is 0 Å². The minimum absolute atomic E-state index is 0.0839. The van der Waals surface area contributed by atoms with Gasteiger partial charge >= 0.3 is 12.1 Å². The Kier molecular flexibility index (Phi) is 10.2. The first kappa shape index (κ1) is 31.3. The van der Waals surface area contributed by atoms with E-state index in [2.05, 4.69) is 10.0 Å². The molecular formula is C33H34N2O7S. The average Bonchev–Trinajstić information content (AvgIpc) is 2.96. The van der Waals surface area contributed by atoms with Gasteiger partial charge in [0.25, 0.3) is 0 Å². The number of amides is 1. The number of anilines is 1. The van der Waals surface area contributed by atoms with Crippen molar-refractivity contribution in [2.45, 2.75) is 44.1 Å². The lowest BCUT2D eigenvalue weighted by Gasteiger charge is -2.19. The summed E-state index contributed by atoms with van der Waals surface area (Å²) in [5, 5.41) is 2.67. The summed E-state index contributed by atoms with van der Waals surface area (Å²) in [4.78, 5) is 24.5. The van der Waals surface area contributed by atoms with E-state index in [1.54, 1.807) is 87.5 Å². The summed E-state index contributed by atoms with van der Waals surface area (Å²) in [6, 6.07) is 29.3. The summed E-state index contributed by atoms with van der Waals surface area (Å²) in [5.41, 5.74) is 1.04. The van der Waals surface area contributed by atoms with Gasteiger partial charge in [-0.15, -0.1) is 0 Å². The van der Waals surface area contributed by atoms with Gasteiger partial charge in [-0.3, -0.25) is 10.1 Å². The monoisotopic (exact) mass is 602 g/mol. The van der Waals surface area contributed by atoms with Gasteiger partial charge in [-0.25, -0.2) is 17.9 Å². The molecule has 0 heterocycles. The van der Waals surface area contributed by atoms with Crippen LogP contribution in [0.3, 0.4) is 0 Å². The van der Waals surface area contributed by atoms with Crippen LogP contribution < -0.4 is 19.5 Å². The molecule has 0 aromatic heterocycles. The van der Waals surface area contributed by atoms with Crippen molar-refractivity contribution in [1.82, 2.24) is 4.72 Å². The molecule has 4 aromatic rings. The van der Waals surface area contributed by atoms with Crippen LogP contribution in [-0.2, 0) is 19.6 Å². The smallest absolute Gasteiger partial charge is 0.417 e. The average molecular weight is 603 g/mol. The second kappa shape index (κ2) is 14.0. The van der Waals surface area contributed by atoms with Gasteiger partial charge in [0, 0.05) is 24.2 Å². The molecule has 0 aliphatic carbocycles. The van der Waals surface area contributed by atoms with Gasteiger partial charge in [0.1, 0.15) is 22.8 Å². The van der Waals surface area contributed by atoms with E-state index in [9.17, 15) is 18.0 Å². The molecule has 43 heavy (non-hydrogen) atoms. The number of rotatable bonds is 11. The van der Waals surface area contributed by atoms with E-state index in [-0.39, 0.29) is 29.6 Å². The van der Waals surface area contributed by atoms with Crippen molar-refractivity contribution in [1.29, 1.82) is 0 Å². The molecule has 0 fully saturated rings. The summed E-state index contributed by atoms with van der Waals surface area (Å²) in [6.07, 6.45) is -0.274. The van der Waals surface area contributed by atoms with E-state index in [1.165, 1.54) is 6.07 Å². The maximum Gasteiger partial charge on any atom is 0.417 e. The Morgan fingerprint density at radius 3 is 2.02 bits per heavy atom. The highest BCUT2D eigenvalue weighted by atomic mass is 32.2. The minimum Gasteiger partial charge on any atom is -0.460 e. The van der Waals surface area contributed by atoms with Gasteiger partial charge in [0.15, 0.2) is 0 Å². The van der Waals surface area contributed by atoms with Gasteiger partial charge in [-0.2, -0.15) is 0 Å². The molecule has 0 radical (unpaired) electrons. The maximum absolute atomic E-state index is 13.1. The van der Waals surface area contributed by atoms with Crippen LogP contribution >= 0.6 is 0 Å². The van der Waals surface area contributed by atoms with Crippen LogP contribution in [-0.4, -0.2) is 32.6 Å². The number of esters is 1. The van der Waals surface area contributed by atoms with Crippen molar-refractivity contribution in [3.8, 4) is 28.4 Å². The van der Waals surface area contributed by atoms with Crippen molar-refractivity contribution in [2.75, 3.05) is 11.9 Å². The first-order valence-corrected chi connectivity index (χ1v) is 15.2. The highest BCUT2D eigenvalue weighted by Crippen LogP contribution is 2.29. The molecule has 0 bridgehead atoms. The van der Waals surface area contributed by atoms with Crippen molar-refractivity contribution in [3.05, 3.63) is 103 Å². The molecule has 0 aliphatic rings. The van der Waals surface area contributed by atoms with E-state index in [0.29, 0.717) is 34.7 Å². The standard InChI is InChI=1S/C33H34N2O7S/c1-33(2,3)42-31(36)14-9-23-34-43(38,39)30-13-8-7-12-29(30)24-15-19-28(20-16-24)41-32(37)35-25-17-21-27(22-18-25)40-26-10-5-4-6-11-26/h4-8,10-13,15-22,34H,9,14,23H2,1-3H3,(H,35,37). The number of benzene rings is 4. The first-order chi connectivity index (χ1) is 20.5. The van der Waals surface area contributed by atoms with E-state index in [0.717, 1.165) is 0 Å². The SMILES string of the molecule is CC(C)(C)OC(=O)CCCNS(=O)(=O)c1ccccc1-c1ccc(OC(=O)Nc2ccc(Oc3ccccc3)cc2)cc1. The number of ether oxygens (including phenoxy) is 3. The Morgan fingerprint density at radius 1 is 0.744 bits per heavy atom. The van der Waals surface area contributed by atoms with Gasteiger partial charge in [0.2, 0.25) is 10.0 Å². The van der Waals surface area contributed by atoms with Crippen LogP contribution in [0.1, 0.15) is 33.6 Å². The summed E-state index contributed by atoms with van der Waals surface area (Å²) in [6.45, 7) is 5.42. The zero-order valence-corrected chi connectivity index (χ0v) is 25.0. The molecule has 0 spiro atoms. The van der Waals surface area contributed by atoms with Gasteiger partial charge < -0.3 is 14.2 Å². The van der Waals surface area contributed by atoms with E-state index < -0.39 is 21.7 Å². The third kappa shape index (κ3) is 9.69. The van der Waals surface area contributed by atoms with Crippen molar-refractivity contribution < 1.29 is 32.2 Å². The molecule has 2 N–H and O–H groups in total. The molecule has 9 nitrogen and oxygen atoms in total. The van der Waals surface area contributed by atoms with Gasteiger partial charge in [-0.1, -0.05) is 48.5 Å². The largest absolute Gasteiger partial charge is 0.460 e. The van der Waals surface area contributed by atoms with Crippen LogP contribution in [0.25, 0.3) is 11.1 Å². The topological polar surface area (TPSA) is 120 Å². The fourth-order valence-electron chi connectivity index (χ4n) is 4.03. The minimum atomic E-state index is -3.86. The number of hydrogen-bond donors (Lipinski definition) is 2. The van der Waals surface area contributed by atoms with Gasteiger partial charge in [-0.05, 0) is 87.4 Å². The number of carbonyl (C=O) groups excluding carboxylic acids is 2. The van der Waals surface area contributed by atoms with Crippen LogP contribution in [0.15, 0.2) is 108 Å². The fourth-order valence-corrected chi connectivity index (χ4v) is 5.33.